The predicted molar refractivity (Wildman–Crippen MR) is 81.8 cm³/mol. The number of likely N-dealkylation sites (N-methyl/N-ethyl adjacent to an activating group) is 1. The molecular formula is C15H27NO5. The van der Waals surface area contributed by atoms with Crippen LogP contribution in [-0.2, 0) is 19.1 Å². The van der Waals surface area contributed by atoms with Crippen molar-refractivity contribution in [2.45, 2.75) is 20.3 Å². The van der Waals surface area contributed by atoms with Crippen molar-refractivity contribution in [3.63, 3.8) is 0 Å². The lowest BCUT2D eigenvalue weighted by atomic mass is 10.4. The normalized spacial score (nSPS) is 9.43. The van der Waals surface area contributed by atoms with E-state index >= 15 is 0 Å². The highest BCUT2D eigenvalue weighted by atomic mass is 16.5. The Hall–Kier alpha value is -1.66. The van der Waals surface area contributed by atoms with E-state index in [1.807, 2.05) is 19.0 Å². The molecule has 1 N–H and O–H groups in total. The van der Waals surface area contributed by atoms with Gasteiger partial charge in [0.25, 0.3) is 0 Å². The summed E-state index contributed by atoms with van der Waals surface area (Å²) in [6.45, 7) is 11.6. The van der Waals surface area contributed by atoms with Crippen LogP contribution >= 0.6 is 0 Å². The minimum absolute atomic E-state index is 0.0451. The van der Waals surface area contributed by atoms with Crippen molar-refractivity contribution in [1.29, 1.82) is 0 Å². The highest BCUT2D eigenvalue weighted by molar-refractivity contribution is 5.87. The van der Waals surface area contributed by atoms with Crippen LogP contribution in [0.2, 0.25) is 0 Å². The molecule has 0 rings (SSSR count). The molecule has 0 atom stereocenters. The highest BCUT2D eigenvalue weighted by Gasteiger charge is 2.02. The molecule has 0 amide bonds. The van der Waals surface area contributed by atoms with E-state index in [9.17, 15) is 9.59 Å². The van der Waals surface area contributed by atoms with Gasteiger partial charge in [0.1, 0.15) is 6.61 Å². The molecule has 0 bridgehead atoms. The van der Waals surface area contributed by atoms with E-state index in [0.29, 0.717) is 24.2 Å². The molecule has 6 nitrogen and oxygen atoms in total. The van der Waals surface area contributed by atoms with Crippen molar-refractivity contribution in [1.82, 2.24) is 4.90 Å². The van der Waals surface area contributed by atoms with Crippen LogP contribution in [0.25, 0.3) is 0 Å². The number of carbonyl (C=O) groups is 2. The van der Waals surface area contributed by atoms with Crippen molar-refractivity contribution in [2.75, 3.05) is 40.5 Å². The summed E-state index contributed by atoms with van der Waals surface area (Å²) in [6.07, 6.45) is 0.485. The summed E-state index contributed by atoms with van der Waals surface area (Å²) >= 11 is 0. The van der Waals surface area contributed by atoms with E-state index in [-0.39, 0.29) is 19.2 Å². The number of aliphatic hydroxyl groups is 1. The van der Waals surface area contributed by atoms with Gasteiger partial charge < -0.3 is 19.5 Å². The molecule has 6 heteroatoms. The van der Waals surface area contributed by atoms with E-state index < -0.39 is 5.97 Å². The molecule has 0 aromatic carbocycles. The summed E-state index contributed by atoms with van der Waals surface area (Å²) in [5, 5.41) is 8.30. The van der Waals surface area contributed by atoms with Crippen LogP contribution in [-0.4, -0.2) is 62.4 Å². The van der Waals surface area contributed by atoms with Gasteiger partial charge in [-0.1, -0.05) is 13.2 Å². The highest BCUT2D eigenvalue weighted by Crippen LogP contribution is 1.92. The lowest BCUT2D eigenvalue weighted by Crippen LogP contribution is -2.20. The molecule has 0 heterocycles. The molecule has 122 valence electrons. The van der Waals surface area contributed by atoms with E-state index in [4.69, 9.17) is 9.84 Å². The van der Waals surface area contributed by atoms with Crippen LogP contribution in [0.3, 0.4) is 0 Å². The average molecular weight is 301 g/mol. The first kappa shape index (κ1) is 21.6. The number of carbonyl (C=O) groups excluding carboxylic acids is 2. The van der Waals surface area contributed by atoms with Gasteiger partial charge >= 0.3 is 11.9 Å². The topological polar surface area (TPSA) is 76.1 Å². The van der Waals surface area contributed by atoms with Gasteiger partial charge in [-0.15, -0.1) is 0 Å². The summed E-state index contributed by atoms with van der Waals surface area (Å²) in [4.78, 5) is 23.3. The molecule has 0 saturated heterocycles. The van der Waals surface area contributed by atoms with Gasteiger partial charge in [0.05, 0.1) is 6.61 Å². The zero-order chi connectivity index (χ0) is 16.8. The molecule has 0 saturated carbocycles. The first-order valence-corrected chi connectivity index (χ1v) is 6.63. The Kier molecular flexibility index (Phi) is 13.7. The van der Waals surface area contributed by atoms with E-state index in [2.05, 4.69) is 17.9 Å². The molecule has 0 unspecified atom stereocenters. The molecule has 0 aliphatic rings. The van der Waals surface area contributed by atoms with Crippen molar-refractivity contribution in [3.8, 4) is 0 Å². The zero-order valence-electron chi connectivity index (χ0n) is 13.5. The largest absolute Gasteiger partial charge is 0.462 e. The second-order valence-electron chi connectivity index (χ2n) is 4.71. The van der Waals surface area contributed by atoms with Gasteiger partial charge in [-0.25, -0.2) is 9.59 Å². The zero-order valence-corrected chi connectivity index (χ0v) is 13.5. The predicted octanol–water partition coefficient (Wildman–Crippen LogP) is 1.16. The maximum Gasteiger partial charge on any atom is 0.333 e. The van der Waals surface area contributed by atoms with Crippen LogP contribution in [0.15, 0.2) is 24.3 Å². The van der Waals surface area contributed by atoms with E-state index in [1.165, 1.54) is 0 Å². The molecule has 0 fully saturated rings. The summed E-state index contributed by atoms with van der Waals surface area (Å²) in [5.74, 6) is -0.708. The number of aliphatic hydroxyl groups excluding tert-OH is 1. The van der Waals surface area contributed by atoms with Crippen LogP contribution < -0.4 is 0 Å². The Morgan fingerprint density at radius 3 is 1.76 bits per heavy atom. The molecule has 0 spiro atoms. The summed E-state index contributed by atoms with van der Waals surface area (Å²) in [6, 6.07) is 0. The lowest BCUT2D eigenvalue weighted by molar-refractivity contribution is -0.140. The lowest BCUT2D eigenvalue weighted by Gasteiger charge is -2.09. The Morgan fingerprint density at radius 1 is 1.00 bits per heavy atom. The van der Waals surface area contributed by atoms with E-state index in [1.54, 1.807) is 13.8 Å². The number of nitrogens with zero attached hydrogens (tertiary/aromatic N) is 1. The second-order valence-corrected chi connectivity index (χ2v) is 4.71. The standard InChI is InChI=1S/C8H15NO2.C7H12O3/c1-7(2)8(10)11-6-5-9(3)4;1-6(2)7(9)10-5-3-4-8/h1,5-6H2,2-4H3;8H,1,3-5H2,2H3. The number of hydrogen-bond donors (Lipinski definition) is 1. The smallest absolute Gasteiger partial charge is 0.333 e. The summed E-state index contributed by atoms with van der Waals surface area (Å²) < 4.78 is 9.48. The Balaban J connectivity index is 0. The molecule has 0 radical (unpaired) electrons. The fourth-order valence-corrected chi connectivity index (χ4v) is 0.797. The number of ether oxygens (including phenoxy) is 2. The Morgan fingerprint density at radius 2 is 1.43 bits per heavy atom. The van der Waals surface area contributed by atoms with Gasteiger partial charge in [0, 0.05) is 30.7 Å². The van der Waals surface area contributed by atoms with Gasteiger partial charge in [-0.3, -0.25) is 0 Å². The van der Waals surface area contributed by atoms with Crippen molar-refractivity contribution in [3.05, 3.63) is 24.3 Å². The quantitative estimate of drug-likeness (QED) is 0.412. The van der Waals surface area contributed by atoms with E-state index in [0.717, 1.165) is 6.54 Å². The average Bonchev–Trinajstić information content (AvgIpc) is 2.38. The third-order valence-electron chi connectivity index (χ3n) is 2.00. The SMILES string of the molecule is C=C(C)C(=O)OCCCO.C=C(C)C(=O)OCCN(C)C. The minimum Gasteiger partial charge on any atom is -0.462 e. The summed E-state index contributed by atoms with van der Waals surface area (Å²) in [5.41, 5.74) is 0.835. The third kappa shape index (κ3) is 16.3. The van der Waals surface area contributed by atoms with Crippen LogP contribution in [0, 0.1) is 0 Å². The molecule has 21 heavy (non-hydrogen) atoms. The second kappa shape index (κ2) is 13.3. The van der Waals surface area contributed by atoms with Gasteiger partial charge in [0.15, 0.2) is 0 Å². The molecule has 0 aliphatic heterocycles. The maximum atomic E-state index is 10.8. The fourth-order valence-electron chi connectivity index (χ4n) is 0.797. The summed E-state index contributed by atoms with van der Waals surface area (Å²) in [7, 11) is 3.85. The van der Waals surface area contributed by atoms with Crippen LogP contribution in [0.1, 0.15) is 20.3 Å². The van der Waals surface area contributed by atoms with Gasteiger partial charge in [0.2, 0.25) is 0 Å². The maximum absolute atomic E-state index is 10.8. The van der Waals surface area contributed by atoms with Crippen molar-refractivity contribution < 1.29 is 24.2 Å². The minimum atomic E-state index is -0.395. The van der Waals surface area contributed by atoms with Crippen molar-refractivity contribution in [2.24, 2.45) is 0 Å². The molecule has 0 aliphatic carbocycles. The van der Waals surface area contributed by atoms with Gasteiger partial charge in [-0.05, 0) is 27.9 Å². The molecular weight excluding hydrogens is 274 g/mol. The van der Waals surface area contributed by atoms with Gasteiger partial charge in [-0.2, -0.15) is 0 Å². The number of hydrogen-bond acceptors (Lipinski definition) is 6. The monoisotopic (exact) mass is 301 g/mol. The third-order valence-corrected chi connectivity index (χ3v) is 2.00. The number of esters is 2. The molecule has 0 aromatic rings. The fraction of sp³-hybridized carbons (Fsp3) is 0.600. The first-order chi connectivity index (χ1) is 9.72. The van der Waals surface area contributed by atoms with Crippen LogP contribution in [0.4, 0.5) is 0 Å². The Bertz CT molecular complexity index is 350. The first-order valence-electron chi connectivity index (χ1n) is 6.63. The Labute approximate surface area is 127 Å². The molecule has 0 aromatic heterocycles. The number of rotatable bonds is 8. The van der Waals surface area contributed by atoms with Crippen LogP contribution in [0.5, 0.6) is 0 Å². The van der Waals surface area contributed by atoms with Crippen molar-refractivity contribution >= 4 is 11.9 Å².